The quantitative estimate of drug-likeness (QED) is 0.423. The second-order valence-electron chi connectivity index (χ2n) is 8.61. The van der Waals surface area contributed by atoms with E-state index in [1.807, 2.05) is 5.43 Å². The van der Waals surface area contributed by atoms with Crippen molar-refractivity contribution in [1.82, 2.24) is 21.2 Å². The van der Waals surface area contributed by atoms with Crippen molar-refractivity contribution in [1.29, 1.82) is 0 Å². The highest BCUT2D eigenvalue weighted by atomic mass is 19.4. The van der Waals surface area contributed by atoms with Crippen molar-refractivity contribution in [2.24, 2.45) is 0 Å². The molecule has 0 aliphatic carbocycles. The number of carbonyl (C=O) groups excluding carboxylic acids is 2. The summed E-state index contributed by atoms with van der Waals surface area (Å²) in [6.45, 7) is 1.70. The molecule has 16 heteroatoms. The van der Waals surface area contributed by atoms with Crippen LogP contribution in [0.4, 0.5) is 36.6 Å². The van der Waals surface area contributed by atoms with Gasteiger partial charge in [-0.15, -0.1) is 0 Å². The summed E-state index contributed by atoms with van der Waals surface area (Å²) in [4.78, 5) is 28.6. The number of halogens is 7. The molecule has 0 saturated carbocycles. The van der Waals surface area contributed by atoms with Crippen LogP contribution < -0.4 is 31.0 Å². The van der Waals surface area contributed by atoms with Crippen molar-refractivity contribution < 1.29 is 49.8 Å². The predicted molar refractivity (Wildman–Crippen MR) is 117 cm³/mol. The zero-order chi connectivity index (χ0) is 28.0. The van der Waals surface area contributed by atoms with Gasteiger partial charge in [-0.25, -0.2) is 14.8 Å². The summed E-state index contributed by atoms with van der Waals surface area (Å²) in [6, 6.07) is -0.813. The Kier molecular flexibility index (Phi) is 7.13. The molecule has 1 aromatic heterocycles. The van der Waals surface area contributed by atoms with Crippen LogP contribution in [0.1, 0.15) is 24.2 Å². The highest BCUT2D eigenvalue weighted by Gasteiger charge is 2.51. The van der Waals surface area contributed by atoms with Gasteiger partial charge in [0.25, 0.3) is 11.8 Å². The second kappa shape index (κ2) is 9.90. The van der Waals surface area contributed by atoms with Crippen molar-refractivity contribution in [3.05, 3.63) is 35.6 Å². The SMILES string of the molecule is CC1NNC(C(F)(F)F)C1NC(=O)c1cc(F)c(-c2ccc3c(n2)NC(=O)CO3)cc1OC(C)C(F)(F)F. The lowest BCUT2D eigenvalue weighted by atomic mass is 10.0. The third-order valence-electron chi connectivity index (χ3n) is 5.84. The van der Waals surface area contributed by atoms with Crippen molar-refractivity contribution in [2.45, 2.75) is 50.4 Å². The van der Waals surface area contributed by atoms with Crippen molar-refractivity contribution >= 4 is 17.6 Å². The van der Waals surface area contributed by atoms with Crippen LogP contribution in [0.3, 0.4) is 0 Å². The molecule has 2 aromatic rings. The van der Waals surface area contributed by atoms with Crippen LogP contribution in [0.2, 0.25) is 0 Å². The van der Waals surface area contributed by atoms with E-state index in [4.69, 9.17) is 9.47 Å². The van der Waals surface area contributed by atoms with Gasteiger partial charge < -0.3 is 20.1 Å². The summed E-state index contributed by atoms with van der Waals surface area (Å²) in [5.41, 5.74) is 3.01. The van der Waals surface area contributed by atoms with E-state index in [-0.39, 0.29) is 23.9 Å². The number of ether oxygens (including phenoxy) is 2. The zero-order valence-corrected chi connectivity index (χ0v) is 19.6. The molecule has 2 aliphatic rings. The zero-order valence-electron chi connectivity index (χ0n) is 19.6. The number of benzene rings is 1. The van der Waals surface area contributed by atoms with Crippen LogP contribution >= 0.6 is 0 Å². The highest BCUT2D eigenvalue weighted by molar-refractivity contribution is 5.98. The number of fused-ring (bicyclic) bond motifs is 1. The van der Waals surface area contributed by atoms with E-state index in [2.05, 4.69) is 21.0 Å². The van der Waals surface area contributed by atoms with Crippen LogP contribution in [0.15, 0.2) is 24.3 Å². The maximum atomic E-state index is 15.2. The largest absolute Gasteiger partial charge is 0.480 e. The van der Waals surface area contributed by atoms with Gasteiger partial charge in [0.1, 0.15) is 17.6 Å². The number of nitrogens with zero attached hydrogens (tertiary/aromatic N) is 1. The molecular formula is C22H20F7N5O4. The maximum absolute atomic E-state index is 15.2. The van der Waals surface area contributed by atoms with Crippen molar-refractivity contribution in [3.8, 4) is 22.8 Å². The fraction of sp³-hybridized carbons (Fsp3) is 0.409. The number of amides is 2. The lowest BCUT2D eigenvalue weighted by Crippen LogP contribution is -2.53. The van der Waals surface area contributed by atoms with E-state index in [9.17, 15) is 35.9 Å². The number of hydrogen-bond donors (Lipinski definition) is 4. The Morgan fingerprint density at radius 2 is 1.89 bits per heavy atom. The van der Waals surface area contributed by atoms with Gasteiger partial charge in [0, 0.05) is 11.6 Å². The number of aromatic nitrogens is 1. The van der Waals surface area contributed by atoms with E-state index >= 15 is 4.39 Å². The lowest BCUT2D eigenvalue weighted by Gasteiger charge is -2.25. The van der Waals surface area contributed by atoms with Gasteiger partial charge in [-0.2, -0.15) is 26.3 Å². The molecule has 2 aliphatic heterocycles. The molecular weight excluding hydrogens is 531 g/mol. The first kappa shape index (κ1) is 27.4. The molecule has 38 heavy (non-hydrogen) atoms. The average molecular weight is 551 g/mol. The normalized spacial score (nSPS) is 22.2. The van der Waals surface area contributed by atoms with Gasteiger partial charge in [-0.1, -0.05) is 0 Å². The van der Waals surface area contributed by atoms with E-state index in [1.165, 1.54) is 19.1 Å². The third-order valence-corrected chi connectivity index (χ3v) is 5.84. The Hall–Kier alpha value is -3.66. The molecule has 2 amide bonds. The first-order valence-corrected chi connectivity index (χ1v) is 11.0. The molecule has 206 valence electrons. The van der Waals surface area contributed by atoms with E-state index in [0.29, 0.717) is 13.0 Å². The summed E-state index contributed by atoms with van der Waals surface area (Å²) >= 11 is 0. The molecule has 4 atom stereocenters. The minimum atomic E-state index is -4.89. The van der Waals surface area contributed by atoms with Gasteiger partial charge in [-0.05, 0) is 38.1 Å². The molecule has 4 N–H and O–H groups in total. The molecule has 0 radical (unpaired) electrons. The fourth-order valence-electron chi connectivity index (χ4n) is 3.81. The summed E-state index contributed by atoms with van der Waals surface area (Å²) in [7, 11) is 0. The van der Waals surface area contributed by atoms with Crippen molar-refractivity contribution in [2.75, 3.05) is 11.9 Å². The molecule has 1 saturated heterocycles. The summed E-state index contributed by atoms with van der Waals surface area (Å²) in [5.74, 6) is -3.63. The smallest absolute Gasteiger partial charge is 0.425 e. The number of pyridine rings is 1. The van der Waals surface area contributed by atoms with Gasteiger partial charge in [0.2, 0.25) is 0 Å². The minimum absolute atomic E-state index is 0.0699. The number of nitrogens with one attached hydrogen (secondary N) is 4. The lowest BCUT2D eigenvalue weighted by molar-refractivity contribution is -0.189. The Balaban J connectivity index is 1.73. The molecule has 1 fully saturated rings. The van der Waals surface area contributed by atoms with Gasteiger partial charge in [0.15, 0.2) is 24.3 Å². The molecule has 4 unspecified atom stereocenters. The van der Waals surface area contributed by atoms with Crippen LogP contribution in [0.5, 0.6) is 11.5 Å². The molecule has 3 heterocycles. The number of hydrazine groups is 1. The number of alkyl halides is 6. The Bertz CT molecular complexity index is 1250. The first-order valence-electron chi connectivity index (χ1n) is 11.0. The summed E-state index contributed by atoms with van der Waals surface area (Å²) in [6.07, 6.45) is -12.1. The highest BCUT2D eigenvalue weighted by Crippen LogP contribution is 2.36. The number of anilines is 1. The topological polar surface area (TPSA) is 114 Å². The summed E-state index contributed by atoms with van der Waals surface area (Å²) in [5, 5.41) is 4.50. The first-order chi connectivity index (χ1) is 17.6. The molecule has 1 aromatic carbocycles. The monoisotopic (exact) mass is 551 g/mol. The molecule has 0 bridgehead atoms. The summed E-state index contributed by atoms with van der Waals surface area (Å²) < 4.78 is 105. The standard InChI is InChI=1S/C22H20F7N5O4/c1-8-17(18(34-33-8)22(27,28)29)32-20(36)11-5-12(23)10(6-15(11)38-9(2)21(24,25)26)13-3-4-14-19(30-13)31-16(35)7-37-14/h3-6,8-9,17-18,33-34H,7H2,1-2H3,(H,32,36)(H,30,31,35). The molecule has 0 spiro atoms. The van der Waals surface area contributed by atoms with Crippen LogP contribution in [0.25, 0.3) is 11.3 Å². The van der Waals surface area contributed by atoms with Gasteiger partial charge in [0.05, 0.1) is 17.3 Å². The Labute approximate surface area is 210 Å². The number of hydrogen-bond acceptors (Lipinski definition) is 7. The van der Waals surface area contributed by atoms with Gasteiger partial charge in [-0.3, -0.25) is 15.0 Å². The van der Waals surface area contributed by atoms with Crippen LogP contribution in [-0.4, -0.2) is 60.0 Å². The maximum Gasteiger partial charge on any atom is 0.425 e. The van der Waals surface area contributed by atoms with Gasteiger partial charge >= 0.3 is 12.4 Å². The Morgan fingerprint density at radius 3 is 2.55 bits per heavy atom. The van der Waals surface area contributed by atoms with E-state index in [0.717, 1.165) is 6.07 Å². The van der Waals surface area contributed by atoms with Crippen LogP contribution in [0, 0.1) is 5.82 Å². The minimum Gasteiger partial charge on any atom is -0.480 e. The molecule has 4 rings (SSSR count). The second-order valence-corrected chi connectivity index (χ2v) is 8.61. The van der Waals surface area contributed by atoms with Crippen LogP contribution in [-0.2, 0) is 4.79 Å². The number of carbonyl (C=O) groups is 2. The van der Waals surface area contributed by atoms with Crippen molar-refractivity contribution in [3.63, 3.8) is 0 Å². The van der Waals surface area contributed by atoms with E-state index < -0.39 is 71.1 Å². The average Bonchev–Trinajstić information content (AvgIpc) is 3.19. The van der Waals surface area contributed by atoms with E-state index in [1.54, 1.807) is 0 Å². The Morgan fingerprint density at radius 1 is 1.18 bits per heavy atom. The molecule has 9 nitrogen and oxygen atoms in total. The number of rotatable bonds is 5. The fourth-order valence-corrected chi connectivity index (χ4v) is 3.81. The third kappa shape index (κ3) is 5.60. The predicted octanol–water partition coefficient (Wildman–Crippen LogP) is 3.07.